The van der Waals surface area contributed by atoms with Crippen molar-refractivity contribution in [3.05, 3.63) is 29.8 Å². The largest absolute Gasteiger partial charge is 0.493 e. The lowest BCUT2D eigenvalue weighted by atomic mass is 9.99. The third-order valence-electron chi connectivity index (χ3n) is 4.96. The number of carbonyl (C=O) groups is 2. The Labute approximate surface area is 167 Å². The number of rotatable bonds is 4. The lowest BCUT2D eigenvalue weighted by Gasteiger charge is -2.25. The van der Waals surface area contributed by atoms with Gasteiger partial charge in [-0.25, -0.2) is 4.79 Å². The van der Waals surface area contributed by atoms with E-state index in [0.717, 1.165) is 44.5 Å². The second-order valence-electron chi connectivity index (χ2n) is 7.01. The molecule has 3 rings (SSSR count). The minimum atomic E-state index is -5.08. The highest BCUT2D eigenvalue weighted by Crippen LogP contribution is 2.29. The topological polar surface area (TPSA) is 84.9 Å². The number of nitrogens with one attached hydrogen (secondary N) is 1. The molecule has 6 nitrogen and oxygen atoms in total. The fraction of sp³-hybridized carbons (Fsp3) is 0.600. The van der Waals surface area contributed by atoms with Gasteiger partial charge in [0.05, 0.1) is 19.1 Å². The van der Waals surface area contributed by atoms with Gasteiger partial charge in [0, 0.05) is 12.1 Å². The standard InChI is InChI=1S/C18H25NO3.C2HF3O2/c1-2-21-18(20)15-7-5-8-16(15)19-14-10-11-22-17-9-4-3-6-13(17)12-14;3-2(4,5)1(6)7/h3-4,6,9,14-16,19H,2,5,7-8,10-12H2,1H3;(H,6,7)/t14?,15-,16+;/m1./s1. The Hall–Kier alpha value is -2.29. The van der Waals surface area contributed by atoms with Crippen LogP contribution in [0.15, 0.2) is 24.3 Å². The Balaban J connectivity index is 0.000000370. The number of aliphatic carboxylic acids is 1. The average molecular weight is 417 g/mol. The Morgan fingerprint density at radius 2 is 1.93 bits per heavy atom. The molecule has 1 saturated carbocycles. The SMILES string of the molecule is CCOC(=O)[C@@H]1CCC[C@@H]1NC1CCOc2ccccc2C1.O=C(O)C(F)(F)F. The molecule has 0 bridgehead atoms. The van der Waals surface area contributed by atoms with Gasteiger partial charge >= 0.3 is 18.1 Å². The quantitative estimate of drug-likeness (QED) is 0.731. The molecule has 2 N–H and O–H groups in total. The zero-order valence-electron chi connectivity index (χ0n) is 16.2. The van der Waals surface area contributed by atoms with Gasteiger partial charge in [-0.3, -0.25) is 4.79 Å². The number of carbonyl (C=O) groups excluding carboxylic acids is 1. The Kier molecular flexibility index (Phi) is 8.31. The number of ether oxygens (including phenoxy) is 2. The van der Waals surface area contributed by atoms with Crippen LogP contribution in [0.25, 0.3) is 0 Å². The second kappa shape index (κ2) is 10.5. The number of hydrogen-bond acceptors (Lipinski definition) is 5. The van der Waals surface area contributed by atoms with E-state index in [1.807, 2.05) is 19.1 Å². The van der Waals surface area contributed by atoms with Crippen molar-refractivity contribution in [2.24, 2.45) is 5.92 Å². The molecule has 1 unspecified atom stereocenters. The van der Waals surface area contributed by atoms with E-state index in [1.54, 1.807) is 0 Å². The van der Waals surface area contributed by atoms with Gasteiger partial charge < -0.3 is 19.9 Å². The van der Waals surface area contributed by atoms with Crippen LogP contribution in [0, 0.1) is 5.92 Å². The number of halogens is 3. The lowest BCUT2D eigenvalue weighted by Crippen LogP contribution is -2.44. The molecule has 0 radical (unpaired) electrons. The number of esters is 1. The highest BCUT2D eigenvalue weighted by atomic mass is 19.4. The minimum absolute atomic E-state index is 0.0133. The maximum absolute atomic E-state index is 12.1. The van der Waals surface area contributed by atoms with E-state index in [-0.39, 0.29) is 17.9 Å². The summed E-state index contributed by atoms with van der Waals surface area (Å²) in [5.41, 5.74) is 1.25. The molecule has 1 aliphatic heterocycles. The summed E-state index contributed by atoms with van der Waals surface area (Å²) in [5.74, 6) is -1.78. The van der Waals surface area contributed by atoms with E-state index in [4.69, 9.17) is 19.4 Å². The summed E-state index contributed by atoms with van der Waals surface area (Å²) in [4.78, 5) is 21.0. The van der Waals surface area contributed by atoms with Crippen molar-refractivity contribution in [1.29, 1.82) is 0 Å². The predicted molar refractivity (Wildman–Crippen MR) is 98.6 cm³/mol. The third-order valence-corrected chi connectivity index (χ3v) is 4.96. The van der Waals surface area contributed by atoms with Crippen LogP contribution in [0.5, 0.6) is 5.75 Å². The van der Waals surface area contributed by atoms with Crippen molar-refractivity contribution in [1.82, 2.24) is 5.32 Å². The molecule has 0 spiro atoms. The van der Waals surface area contributed by atoms with Crippen molar-refractivity contribution in [2.45, 2.75) is 57.3 Å². The molecule has 0 aromatic heterocycles. The van der Waals surface area contributed by atoms with Gasteiger partial charge in [0.1, 0.15) is 5.75 Å². The molecule has 1 aliphatic carbocycles. The first-order chi connectivity index (χ1) is 13.7. The van der Waals surface area contributed by atoms with Gasteiger partial charge in [0.2, 0.25) is 0 Å². The molecular weight excluding hydrogens is 391 g/mol. The molecule has 0 saturated heterocycles. The van der Waals surface area contributed by atoms with Crippen LogP contribution >= 0.6 is 0 Å². The summed E-state index contributed by atoms with van der Waals surface area (Å²) in [5, 5.41) is 10.8. The molecule has 1 heterocycles. The smallest absolute Gasteiger partial charge is 0.490 e. The van der Waals surface area contributed by atoms with E-state index in [9.17, 15) is 18.0 Å². The van der Waals surface area contributed by atoms with Crippen LogP contribution in [0.3, 0.4) is 0 Å². The van der Waals surface area contributed by atoms with Crippen LogP contribution < -0.4 is 10.1 Å². The number of alkyl halides is 3. The number of carboxylic acid groups (broad SMARTS) is 1. The fourth-order valence-electron chi connectivity index (χ4n) is 3.63. The van der Waals surface area contributed by atoms with Crippen LogP contribution in [0.4, 0.5) is 13.2 Å². The van der Waals surface area contributed by atoms with E-state index in [1.165, 1.54) is 5.56 Å². The molecule has 29 heavy (non-hydrogen) atoms. The molecule has 162 valence electrons. The Bertz CT molecular complexity index is 695. The van der Waals surface area contributed by atoms with Crippen molar-refractivity contribution in [3.8, 4) is 5.75 Å². The maximum Gasteiger partial charge on any atom is 0.490 e. The molecule has 1 aromatic rings. The molecular formula is C20H26F3NO5. The number of carboxylic acids is 1. The first kappa shape index (κ1) is 23.0. The van der Waals surface area contributed by atoms with E-state index < -0.39 is 12.1 Å². The molecule has 2 aliphatic rings. The summed E-state index contributed by atoms with van der Waals surface area (Å²) in [6.07, 6.45) is -0.0529. The minimum Gasteiger partial charge on any atom is -0.493 e. The highest BCUT2D eigenvalue weighted by molar-refractivity contribution is 5.73. The van der Waals surface area contributed by atoms with E-state index in [2.05, 4.69) is 17.4 Å². The third kappa shape index (κ3) is 6.92. The second-order valence-corrected chi connectivity index (χ2v) is 7.01. The van der Waals surface area contributed by atoms with Gasteiger partial charge in [-0.05, 0) is 44.2 Å². The Morgan fingerprint density at radius 3 is 2.59 bits per heavy atom. The number of hydrogen-bond donors (Lipinski definition) is 2. The van der Waals surface area contributed by atoms with Crippen LogP contribution in [0.1, 0.15) is 38.2 Å². The zero-order chi connectivity index (χ0) is 21.4. The van der Waals surface area contributed by atoms with Crippen LogP contribution in [0.2, 0.25) is 0 Å². The fourth-order valence-corrected chi connectivity index (χ4v) is 3.63. The molecule has 9 heteroatoms. The summed E-state index contributed by atoms with van der Waals surface area (Å²) in [6, 6.07) is 8.85. The highest BCUT2D eigenvalue weighted by Gasteiger charge is 2.38. The molecule has 1 fully saturated rings. The molecule has 1 aromatic carbocycles. The predicted octanol–water partition coefficient (Wildman–Crippen LogP) is 3.33. The van der Waals surface area contributed by atoms with Gasteiger partial charge in [-0.2, -0.15) is 13.2 Å². The molecule has 0 amide bonds. The molecule has 3 atom stereocenters. The van der Waals surface area contributed by atoms with Gasteiger partial charge in [0.25, 0.3) is 0 Å². The zero-order valence-corrected chi connectivity index (χ0v) is 16.2. The Morgan fingerprint density at radius 1 is 1.24 bits per heavy atom. The number of para-hydroxylation sites is 1. The van der Waals surface area contributed by atoms with Gasteiger partial charge in [-0.1, -0.05) is 24.6 Å². The van der Waals surface area contributed by atoms with Crippen molar-refractivity contribution in [2.75, 3.05) is 13.2 Å². The number of fused-ring (bicyclic) bond motifs is 1. The summed E-state index contributed by atoms with van der Waals surface area (Å²) < 4.78 is 42.8. The summed E-state index contributed by atoms with van der Waals surface area (Å²) in [7, 11) is 0. The monoisotopic (exact) mass is 417 g/mol. The van der Waals surface area contributed by atoms with Gasteiger partial charge in [0.15, 0.2) is 0 Å². The number of benzene rings is 1. The first-order valence-electron chi connectivity index (χ1n) is 9.65. The summed E-state index contributed by atoms with van der Waals surface area (Å²) in [6.45, 7) is 3.06. The van der Waals surface area contributed by atoms with E-state index in [0.29, 0.717) is 12.6 Å². The van der Waals surface area contributed by atoms with Gasteiger partial charge in [-0.15, -0.1) is 0 Å². The van der Waals surface area contributed by atoms with Crippen LogP contribution in [-0.4, -0.2) is 48.5 Å². The first-order valence-corrected chi connectivity index (χ1v) is 9.65. The average Bonchev–Trinajstić information content (AvgIpc) is 3.01. The normalized spacial score (nSPS) is 23.7. The van der Waals surface area contributed by atoms with Crippen molar-refractivity contribution in [3.63, 3.8) is 0 Å². The van der Waals surface area contributed by atoms with Crippen molar-refractivity contribution < 1.29 is 37.3 Å². The summed E-state index contributed by atoms with van der Waals surface area (Å²) >= 11 is 0. The van der Waals surface area contributed by atoms with E-state index >= 15 is 0 Å². The maximum atomic E-state index is 12.1. The van der Waals surface area contributed by atoms with Crippen LogP contribution in [-0.2, 0) is 20.7 Å². The van der Waals surface area contributed by atoms with Crippen molar-refractivity contribution >= 4 is 11.9 Å². The lowest BCUT2D eigenvalue weighted by molar-refractivity contribution is -0.192.